The Morgan fingerprint density at radius 3 is 2.85 bits per heavy atom. The van der Waals surface area contributed by atoms with Crippen molar-refractivity contribution >= 4 is 5.97 Å². The van der Waals surface area contributed by atoms with Crippen molar-refractivity contribution in [1.82, 2.24) is 9.55 Å². The molecule has 0 aromatic carbocycles. The summed E-state index contributed by atoms with van der Waals surface area (Å²) in [5.41, 5.74) is 0. The number of carboxylic acids is 1. The normalized spacial score (nSPS) is 11.6. The lowest BCUT2D eigenvalue weighted by Gasteiger charge is -2.11. The molecule has 1 heterocycles. The zero-order valence-corrected chi connectivity index (χ0v) is 6.87. The zero-order chi connectivity index (χ0) is 10.1. The van der Waals surface area contributed by atoms with E-state index in [1.54, 1.807) is 6.92 Å². The molecule has 0 fully saturated rings. The second-order valence-electron chi connectivity index (χ2n) is 2.42. The van der Waals surface area contributed by atoms with Crippen molar-refractivity contribution in [3.63, 3.8) is 0 Å². The zero-order valence-electron chi connectivity index (χ0n) is 6.87. The van der Waals surface area contributed by atoms with Crippen molar-refractivity contribution in [3.05, 3.63) is 18.2 Å². The molecule has 6 heteroatoms. The summed E-state index contributed by atoms with van der Waals surface area (Å²) in [4.78, 5) is 13.5. The predicted molar refractivity (Wildman–Crippen MR) is 39.4 cm³/mol. The van der Waals surface area contributed by atoms with Crippen molar-refractivity contribution in [1.29, 1.82) is 0 Å². The van der Waals surface area contributed by atoms with Crippen LogP contribution in [-0.2, 0) is 17.3 Å². The minimum atomic E-state index is -3.92. The van der Waals surface area contributed by atoms with Crippen LogP contribution in [0.25, 0.3) is 0 Å². The van der Waals surface area contributed by atoms with Crippen molar-refractivity contribution < 1.29 is 18.7 Å². The van der Waals surface area contributed by atoms with Gasteiger partial charge in [0.25, 0.3) is 0 Å². The average molecular weight is 190 g/mol. The maximum absolute atomic E-state index is 12.9. The van der Waals surface area contributed by atoms with E-state index in [1.807, 2.05) is 0 Å². The number of aliphatic carboxylic acids is 1. The van der Waals surface area contributed by atoms with E-state index < -0.39 is 17.7 Å². The number of aryl methyl sites for hydroxylation is 1. The van der Waals surface area contributed by atoms with E-state index in [4.69, 9.17) is 5.11 Å². The molecule has 1 aromatic rings. The molecular formula is C7H8F2N2O2. The Bertz CT molecular complexity index is 322. The molecule has 1 rings (SSSR count). The maximum Gasteiger partial charge on any atom is 0.399 e. The highest BCUT2D eigenvalue weighted by atomic mass is 19.3. The molecule has 0 amide bonds. The number of rotatable bonds is 3. The van der Waals surface area contributed by atoms with Crippen LogP contribution in [0.5, 0.6) is 0 Å². The quantitative estimate of drug-likeness (QED) is 0.775. The van der Waals surface area contributed by atoms with E-state index in [1.165, 1.54) is 6.20 Å². The van der Waals surface area contributed by atoms with Gasteiger partial charge < -0.3 is 9.67 Å². The number of hydrogen-bond acceptors (Lipinski definition) is 2. The van der Waals surface area contributed by atoms with Gasteiger partial charge in [-0.1, -0.05) is 0 Å². The lowest BCUT2D eigenvalue weighted by Crippen LogP contribution is -2.29. The van der Waals surface area contributed by atoms with Crippen molar-refractivity contribution in [2.75, 3.05) is 0 Å². The summed E-state index contributed by atoms with van der Waals surface area (Å²) in [6.45, 7) is 1.89. The number of halogens is 2. The summed E-state index contributed by atoms with van der Waals surface area (Å²) in [6.07, 6.45) is 2.46. The van der Waals surface area contributed by atoms with Gasteiger partial charge in [-0.3, -0.25) is 0 Å². The van der Waals surface area contributed by atoms with Gasteiger partial charge in [-0.2, -0.15) is 8.78 Å². The fourth-order valence-electron chi connectivity index (χ4n) is 0.941. The van der Waals surface area contributed by atoms with E-state index in [9.17, 15) is 13.6 Å². The van der Waals surface area contributed by atoms with Crippen LogP contribution in [0.3, 0.4) is 0 Å². The fraction of sp³-hybridized carbons (Fsp3) is 0.429. The van der Waals surface area contributed by atoms with E-state index in [0.717, 1.165) is 10.8 Å². The number of carboxylic acid groups (broad SMARTS) is 1. The lowest BCUT2D eigenvalue weighted by molar-refractivity contribution is -0.168. The highest BCUT2D eigenvalue weighted by molar-refractivity contribution is 5.76. The van der Waals surface area contributed by atoms with Crippen molar-refractivity contribution in [3.8, 4) is 0 Å². The Kier molecular flexibility index (Phi) is 2.31. The van der Waals surface area contributed by atoms with Crippen LogP contribution in [0.4, 0.5) is 8.78 Å². The maximum atomic E-state index is 12.9. The molecule has 4 nitrogen and oxygen atoms in total. The van der Waals surface area contributed by atoms with Gasteiger partial charge in [0.15, 0.2) is 5.82 Å². The summed E-state index contributed by atoms with van der Waals surface area (Å²) in [5, 5.41) is 8.23. The Morgan fingerprint density at radius 2 is 2.38 bits per heavy atom. The fourth-order valence-corrected chi connectivity index (χ4v) is 0.941. The van der Waals surface area contributed by atoms with Gasteiger partial charge >= 0.3 is 11.9 Å². The third-order valence-electron chi connectivity index (χ3n) is 1.61. The number of imidazole rings is 1. The summed E-state index contributed by atoms with van der Waals surface area (Å²) in [7, 11) is 0. The number of aromatic nitrogens is 2. The number of carbonyl (C=O) groups is 1. The molecular weight excluding hydrogens is 182 g/mol. The standard InChI is InChI=1S/C7H8F2N2O2/c1-2-11-4-3-10-5(11)7(8,9)6(12)13/h3-4H,2H2,1H3,(H,12,13). The first-order valence-electron chi connectivity index (χ1n) is 3.63. The summed E-state index contributed by atoms with van der Waals surface area (Å²) >= 11 is 0. The first-order chi connectivity index (χ1) is 6.00. The SMILES string of the molecule is CCn1ccnc1C(F)(F)C(=O)O. The van der Waals surface area contributed by atoms with Gasteiger partial charge in [-0.05, 0) is 6.92 Å². The van der Waals surface area contributed by atoms with E-state index >= 15 is 0 Å². The number of alkyl halides is 2. The molecule has 0 saturated carbocycles. The molecule has 13 heavy (non-hydrogen) atoms. The minimum Gasteiger partial charge on any atom is -0.476 e. The molecule has 1 N–H and O–H groups in total. The molecule has 0 bridgehead atoms. The van der Waals surface area contributed by atoms with Crippen LogP contribution in [0.15, 0.2) is 12.4 Å². The van der Waals surface area contributed by atoms with Crippen molar-refractivity contribution in [2.45, 2.75) is 19.4 Å². The highest BCUT2D eigenvalue weighted by Gasteiger charge is 2.45. The van der Waals surface area contributed by atoms with Crippen LogP contribution in [-0.4, -0.2) is 20.6 Å². The van der Waals surface area contributed by atoms with Gasteiger partial charge in [-0.25, -0.2) is 9.78 Å². The van der Waals surface area contributed by atoms with Crippen LogP contribution < -0.4 is 0 Å². The Balaban J connectivity index is 3.13. The molecule has 1 aromatic heterocycles. The second-order valence-corrected chi connectivity index (χ2v) is 2.42. The molecule has 0 unspecified atom stereocenters. The van der Waals surface area contributed by atoms with Crippen LogP contribution in [0, 0.1) is 0 Å². The lowest BCUT2D eigenvalue weighted by atomic mass is 10.3. The topological polar surface area (TPSA) is 55.1 Å². The second kappa shape index (κ2) is 3.12. The third-order valence-corrected chi connectivity index (χ3v) is 1.61. The Labute approximate surface area is 72.8 Å². The minimum absolute atomic E-state index is 0.262. The predicted octanol–water partition coefficient (Wildman–Crippen LogP) is 1.08. The number of nitrogens with zero attached hydrogens (tertiary/aromatic N) is 2. The third kappa shape index (κ3) is 1.51. The van der Waals surface area contributed by atoms with Gasteiger partial charge in [0, 0.05) is 18.9 Å². The van der Waals surface area contributed by atoms with Crippen LogP contribution in [0.2, 0.25) is 0 Å². The molecule has 0 atom stereocenters. The van der Waals surface area contributed by atoms with Crippen LogP contribution in [0.1, 0.15) is 12.7 Å². The summed E-state index contributed by atoms with van der Waals surface area (Å²) in [5.74, 6) is -6.84. The van der Waals surface area contributed by atoms with Crippen LogP contribution >= 0.6 is 0 Å². The van der Waals surface area contributed by atoms with E-state index in [-0.39, 0.29) is 6.54 Å². The highest BCUT2D eigenvalue weighted by Crippen LogP contribution is 2.26. The Morgan fingerprint density at radius 1 is 1.77 bits per heavy atom. The molecule has 0 aliphatic carbocycles. The van der Waals surface area contributed by atoms with E-state index in [2.05, 4.69) is 4.98 Å². The monoisotopic (exact) mass is 190 g/mol. The molecule has 0 radical (unpaired) electrons. The van der Waals surface area contributed by atoms with Gasteiger partial charge in [0.05, 0.1) is 0 Å². The van der Waals surface area contributed by atoms with Gasteiger partial charge in [0.2, 0.25) is 0 Å². The first-order valence-corrected chi connectivity index (χ1v) is 3.63. The van der Waals surface area contributed by atoms with Gasteiger partial charge in [-0.15, -0.1) is 0 Å². The molecule has 0 aliphatic rings. The Hall–Kier alpha value is -1.46. The smallest absolute Gasteiger partial charge is 0.399 e. The van der Waals surface area contributed by atoms with E-state index in [0.29, 0.717) is 0 Å². The number of hydrogen-bond donors (Lipinski definition) is 1. The largest absolute Gasteiger partial charge is 0.476 e. The van der Waals surface area contributed by atoms with Crippen molar-refractivity contribution in [2.24, 2.45) is 0 Å². The summed E-state index contributed by atoms with van der Waals surface area (Å²) < 4.78 is 26.8. The molecule has 72 valence electrons. The average Bonchev–Trinajstić information content (AvgIpc) is 2.51. The molecule has 0 saturated heterocycles. The first kappa shape index (κ1) is 9.63. The van der Waals surface area contributed by atoms with Gasteiger partial charge in [0.1, 0.15) is 0 Å². The molecule has 0 spiro atoms. The summed E-state index contributed by atoms with van der Waals surface area (Å²) in [6, 6.07) is 0. The molecule has 0 aliphatic heterocycles.